The third kappa shape index (κ3) is 5.09. The zero-order chi connectivity index (χ0) is 26.1. The molecule has 5 rings (SSSR count). The van der Waals surface area contributed by atoms with Gasteiger partial charge in [-0.25, -0.2) is 0 Å². The molecule has 1 aliphatic carbocycles. The summed E-state index contributed by atoms with van der Waals surface area (Å²) < 4.78 is 11.8. The average Bonchev–Trinajstić information content (AvgIpc) is 3.56. The van der Waals surface area contributed by atoms with Gasteiger partial charge < -0.3 is 29.9 Å². The van der Waals surface area contributed by atoms with Crippen LogP contribution in [0.4, 0.5) is 0 Å². The summed E-state index contributed by atoms with van der Waals surface area (Å²) in [5.74, 6) is -0.640. The van der Waals surface area contributed by atoms with Gasteiger partial charge in [0.15, 0.2) is 0 Å². The molecule has 2 aliphatic heterocycles. The smallest absolute Gasteiger partial charge is 0.252 e. The van der Waals surface area contributed by atoms with Crippen LogP contribution >= 0.6 is 23.2 Å². The number of amides is 2. The molecule has 0 spiro atoms. The number of benzene rings is 2. The van der Waals surface area contributed by atoms with Crippen molar-refractivity contribution < 1.29 is 29.3 Å². The molecule has 1 unspecified atom stereocenters. The van der Waals surface area contributed by atoms with Crippen LogP contribution in [0.2, 0.25) is 10.0 Å². The van der Waals surface area contributed by atoms with Gasteiger partial charge in [0, 0.05) is 40.9 Å². The van der Waals surface area contributed by atoms with Gasteiger partial charge in [0.2, 0.25) is 5.91 Å². The molecule has 37 heavy (non-hydrogen) atoms. The molecule has 2 aromatic rings. The predicted octanol–water partition coefficient (Wildman–Crippen LogP) is 2.82. The minimum absolute atomic E-state index is 0.0717. The number of hydrogen-bond acceptors (Lipinski definition) is 6. The molecular weight excluding hydrogens is 519 g/mol. The molecule has 0 bridgehead atoms. The predicted molar refractivity (Wildman–Crippen MR) is 138 cm³/mol. The van der Waals surface area contributed by atoms with E-state index in [9.17, 15) is 19.8 Å². The highest BCUT2D eigenvalue weighted by Gasteiger charge is 2.51. The van der Waals surface area contributed by atoms with Gasteiger partial charge in [-0.3, -0.25) is 9.59 Å². The van der Waals surface area contributed by atoms with Crippen molar-refractivity contribution in [3.05, 3.63) is 75.3 Å². The number of para-hydroxylation sites is 1. The molecule has 196 valence electrons. The molecule has 0 radical (unpaired) electrons. The van der Waals surface area contributed by atoms with E-state index in [4.69, 9.17) is 32.7 Å². The van der Waals surface area contributed by atoms with Gasteiger partial charge in [-0.15, -0.1) is 0 Å². The highest BCUT2D eigenvalue weighted by atomic mass is 35.5. The van der Waals surface area contributed by atoms with Gasteiger partial charge in [-0.1, -0.05) is 47.5 Å². The van der Waals surface area contributed by atoms with Crippen molar-refractivity contribution in [2.45, 2.75) is 49.7 Å². The zero-order valence-corrected chi connectivity index (χ0v) is 21.5. The van der Waals surface area contributed by atoms with Crippen molar-refractivity contribution in [3.8, 4) is 5.75 Å². The summed E-state index contributed by atoms with van der Waals surface area (Å²) in [6.45, 7) is 0.406. The van der Waals surface area contributed by atoms with E-state index in [0.717, 1.165) is 12.0 Å². The summed E-state index contributed by atoms with van der Waals surface area (Å²) >= 11 is 12.5. The molecule has 0 aromatic heterocycles. The van der Waals surface area contributed by atoms with Crippen molar-refractivity contribution in [2.75, 3.05) is 19.8 Å². The first-order valence-electron chi connectivity index (χ1n) is 12.3. The van der Waals surface area contributed by atoms with E-state index in [1.54, 1.807) is 30.3 Å². The number of halogens is 2. The fourth-order valence-corrected chi connectivity index (χ4v) is 5.78. The fraction of sp³-hybridized carbons (Fsp3) is 0.407. The molecule has 3 aliphatic rings. The number of nitrogens with zero attached hydrogens (tertiary/aromatic N) is 1. The van der Waals surface area contributed by atoms with Crippen LogP contribution in [0.15, 0.2) is 54.1 Å². The van der Waals surface area contributed by atoms with Gasteiger partial charge in [0.25, 0.3) is 5.91 Å². The summed E-state index contributed by atoms with van der Waals surface area (Å²) in [5.41, 5.74) is 1.79. The Morgan fingerprint density at radius 1 is 1.16 bits per heavy atom. The standard InChI is InChI=1S/C27H28Cl2N2O6/c28-16-8-7-15(19(29)12-16)14-31(27(35)22-6-3-11-36-22)20-13-18(26(34)30-9-10-32)23-17-4-1-2-5-21(17)37-25(23)24(20)33/h1-2,4-5,7-8,12-13,20,22-25,32-33H,3,6,9-11,14H2,(H,30,34)/t20-,22?,23+,24+,25+/m1/s1. The van der Waals surface area contributed by atoms with Gasteiger partial charge in [-0.2, -0.15) is 0 Å². The number of ether oxygens (including phenoxy) is 2. The van der Waals surface area contributed by atoms with Crippen molar-refractivity contribution in [2.24, 2.45) is 0 Å². The number of rotatable bonds is 7. The highest BCUT2D eigenvalue weighted by Crippen LogP contribution is 2.47. The normalized spacial score (nSPS) is 26.1. The number of nitrogens with one attached hydrogen (secondary N) is 1. The largest absolute Gasteiger partial charge is 0.486 e. The van der Waals surface area contributed by atoms with Crippen LogP contribution < -0.4 is 10.1 Å². The first kappa shape index (κ1) is 26.0. The Kier molecular flexibility index (Phi) is 7.74. The van der Waals surface area contributed by atoms with Crippen LogP contribution in [-0.4, -0.2) is 71.0 Å². The number of aliphatic hydroxyl groups excluding tert-OH is 2. The van der Waals surface area contributed by atoms with E-state index in [2.05, 4.69) is 5.32 Å². The SMILES string of the molecule is O=C(NCCO)C1=C[C@@H](N(Cc2ccc(Cl)cc2Cl)C(=O)C2CCCO2)[C@H](O)[C@H]2Oc3ccccc3[C@@H]12. The Morgan fingerprint density at radius 3 is 2.70 bits per heavy atom. The van der Waals surface area contributed by atoms with E-state index in [-0.39, 0.29) is 25.6 Å². The van der Waals surface area contributed by atoms with Gasteiger partial charge in [-0.05, 0) is 42.7 Å². The minimum atomic E-state index is -1.14. The number of aliphatic hydroxyl groups is 2. The molecule has 10 heteroatoms. The third-order valence-corrected chi connectivity index (χ3v) is 7.67. The lowest BCUT2D eigenvalue weighted by Crippen LogP contribution is -2.57. The van der Waals surface area contributed by atoms with Crippen LogP contribution in [0.3, 0.4) is 0 Å². The van der Waals surface area contributed by atoms with Crippen LogP contribution in [0, 0.1) is 0 Å². The second-order valence-electron chi connectivity index (χ2n) is 9.38. The van der Waals surface area contributed by atoms with Crippen molar-refractivity contribution in [3.63, 3.8) is 0 Å². The van der Waals surface area contributed by atoms with E-state index in [1.807, 2.05) is 18.2 Å². The average molecular weight is 547 g/mol. The lowest BCUT2D eigenvalue weighted by atomic mass is 9.77. The Bertz CT molecular complexity index is 1220. The van der Waals surface area contributed by atoms with Crippen molar-refractivity contribution >= 4 is 35.0 Å². The topological polar surface area (TPSA) is 108 Å². The first-order chi connectivity index (χ1) is 17.9. The summed E-state index contributed by atoms with van der Waals surface area (Å²) in [7, 11) is 0. The quantitative estimate of drug-likeness (QED) is 0.492. The lowest BCUT2D eigenvalue weighted by Gasteiger charge is -2.41. The summed E-state index contributed by atoms with van der Waals surface area (Å²) in [4.78, 5) is 28.5. The van der Waals surface area contributed by atoms with E-state index in [1.165, 1.54) is 4.90 Å². The molecule has 2 heterocycles. The van der Waals surface area contributed by atoms with Crippen LogP contribution in [0.25, 0.3) is 0 Å². The monoisotopic (exact) mass is 546 g/mol. The van der Waals surface area contributed by atoms with Gasteiger partial charge in [0.05, 0.1) is 18.6 Å². The van der Waals surface area contributed by atoms with Gasteiger partial charge >= 0.3 is 0 Å². The van der Waals surface area contributed by atoms with E-state index >= 15 is 0 Å². The fourth-order valence-electron chi connectivity index (χ4n) is 5.31. The summed E-state index contributed by atoms with van der Waals surface area (Å²) in [6.07, 6.45) is 0.380. The number of carbonyl (C=O) groups is 2. The molecule has 5 atom stereocenters. The maximum absolute atomic E-state index is 13.7. The van der Waals surface area contributed by atoms with E-state index in [0.29, 0.717) is 40.0 Å². The first-order valence-corrected chi connectivity index (χ1v) is 13.0. The molecule has 1 saturated heterocycles. The van der Waals surface area contributed by atoms with Crippen LogP contribution in [-0.2, 0) is 20.9 Å². The Hall–Kier alpha value is -2.62. The maximum Gasteiger partial charge on any atom is 0.252 e. The molecule has 0 saturated carbocycles. The molecule has 2 aromatic carbocycles. The lowest BCUT2D eigenvalue weighted by molar-refractivity contribution is -0.147. The molecule has 8 nitrogen and oxygen atoms in total. The second kappa shape index (κ2) is 11.0. The number of fused-ring (bicyclic) bond motifs is 3. The number of carbonyl (C=O) groups excluding carboxylic acids is 2. The number of hydrogen-bond donors (Lipinski definition) is 3. The second-order valence-corrected chi connectivity index (χ2v) is 10.2. The van der Waals surface area contributed by atoms with Crippen LogP contribution in [0.5, 0.6) is 5.75 Å². The third-order valence-electron chi connectivity index (χ3n) is 7.08. The Morgan fingerprint density at radius 2 is 1.97 bits per heavy atom. The van der Waals surface area contributed by atoms with Gasteiger partial charge in [0.1, 0.15) is 24.1 Å². The Labute approximate surface area is 224 Å². The Balaban J connectivity index is 1.57. The van der Waals surface area contributed by atoms with Crippen LogP contribution in [0.1, 0.15) is 29.9 Å². The van der Waals surface area contributed by atoms with Crippen molar-refractivity contribution in [1.82, 2.24) is 10.2 Å². The molecule has 2 amide bonds. The molecular formula is C27H28Cl2N2O6. The highest BCUT2D eigenvalue weighted by molar-refractivity contribution is 6.35. The van der Waals surface area contributed by atoms with Crippen molar-refractivity contribution in [1.29, 1.82) is 0 Å². The summed E-state index contributed by atoms with van der Waals surface area (Å²) in [5, 5.41) is 24.4. The minimum Gasteiger partial charge on any atom is -0.486 e. The maximum atomic E-state index is 13.7. The summed E-state index contributed by atoms with van der Waals surface area (Å²) in [6, 6.07) is 11.5. The van der Waals surface area contributed by atoms with E-state index < -0.39 is 36.2 Å². The zero-order valence-electron chi connectivity index (χ0n) is 20.0. The molecule has 3 N–H and O–H groups in total. The molecule has 1 fully saturated rings.